The molecular weight excluding hydrogens is 183 g/mol. The van der Waals surface area contributed by atoms with E-state index in [1.165, 1.54) is 18.6 Å². The lowest BCUT2D eigenvalue weighted by Crippen LogP contribution is -1.94. The summed E-state index contributed by atoms with van der Waals surface area (Å²) in [6.45, 7) is 0. The van der Waals surface area contributed by atoms with E-state index >= 15 is 0 Å². The zero-order valence-electron chi connectivity index (χ0n) is 7.18. The van der Waals surface area contributed by atoms with Crippen molar-refractivity contribution >= 4 is 11.5 Å². The molecule has 5 heteroatoms. The lowest BCUT2D eigenvalue weighted by Gasteiger charge is -2.02. The van der Waals surface area contributed by atoms with Gasteiger partial charge in [-0.25, -0.2) is 15.0 Å². The lowest BCUT2D eigenvalue weighted by atomic mass is 10.4. The third kappa shape index (κ3) is 2.01. The number of pyridine rings is 1. The molecule has 0 amide bonds. The maximum absolute atomic E-state index is 12.5. The predicted molar refractivity (Wildman–Crippen MR) is 49.5 cm³/mol. The van der Waals surface area contributed by atoms with E-state index in [2.05, 4.69) is 20.3 Å². The van der Waals surface area contributed by atoms with E-state index in [1.807, 2.05) is 0 Å². The molecule has 4 nitrogen and oxygen atoms in total. The van der Waals surface area contributed by atoms with Crippen LogP contribution < -0.4 is 5.32 Å². The van der Waals surface area contributed by atoms with Gasteiger partial charge in [0.05, 0.1) is 11.9 Å². The second-order valence-electron chi connectivity index (χ2n) is 2.59. The monoisotopic (exact) mass is 190 g/mol. The van der Waals surface area contributed by atoms with Crippen LogP contribution in [0.1, 0.15) is 0 Å². The Hall–Kier alpha value is -2.04. The van der Waals surface area contributed by atoms with Crippen molar-refractivity contribution in [3.63, 3.8) is 0 Å². The van der Waals surface area contributed by atoms with Gasteiger partial charge in [0.25, 0.3) is 0 Å². The summed E-state index contributed by atoms with van der Waals surface area (Å²) < 4.78 is 12.5. The van der Waals surface area contributed by atoms with Gasteiger partial charge in [-0.3, -0.25) is 0 Å². The first-order valence-electron chi connectivity index (χ1n) is 3.99. The van der Waals surface area contributed by atoms with Gasteiger partial charge in [-0.05, 0) is 18.2 Å². The van der Waals surface area contributed by atoms with Gasteiger partial charge in [-0.15, -0.1) is 0 Å². The maximum atomic E-state index is 12.5. The number of rotatable bonds is 2. The average Bonchev–Trinajstić information content (AvgIpc) is 2.23. The van der Waals surface area contributed by atoms with Crippen molar-refractivity contribution in [1.29, 1.82) is 0 Å². The fraction of sp³-hybridized carbons (Fsp3) is 0. The molecule has 70 valence electrons. The van der Waals surface area contributed by atoms with Crippen LogP contribution in [-0.4, -0.2) is 15.0 Å². The zero-order valence-corrected chi connectivity index (χ0v) is 7.18. The van der Waals surface area contributed by atoms with Crippen LogP contribution in [-0.2, 0) is 0 Å². The van der Waals surface area contributed by atoms with Crippen molar-refractivity contribution in [2.24, 2.45) is 0 Å². The summed E-state index contributed by atoms with van der Waals surface area (Å²) in [5.74, 6) is 0.145. The average molecular weight is 190 g/mol. The Balaban J connectivity index is 2.16. The molecule has 0 aliphatic carbocycles. The maximum Gasteiger partial charge on any atom is 0.212 e. The Kier molecular flexibility index (Phi) is 2.31. The van der Waals surface area contributed by atoms with Crippen LogP contribution in [0.3, 0.4) is 0 Å². The molecule has 2 rings (SSSR count). The Morgan fingerprint density at radius 3 is 2.71 bits per heavy atom. The summed E-state index contributed by atoms with van der Waals surface area (Å²) >= 11 is 0. The van der Waals surface area contributed by atoms with Crippen LogP contribution in [0, 0.1) is 5.95 Å². The van der Waals surface area contributed by atoms with Crippen molar-refractivity contribution in [3.8, 4) is 0 Å². The minimum atomic E-state index is -0.502. The molecule has 0 aromatic carbocycles. The molecule has 0 saturated carbocycles. The summed E-state index contributed by atoms with van der Waals surface area (Å²) in [5.41, 5.74) is 0.685. The van der Waals surface area contributed by atoms with Crippen molar-refractivity contribution in [2.75, 3.05) is 5.32 Å². The standard InChI is InChI=1S/C9H7FN4/c10-8-2-1-7(5-12-8)14-9-3-4-11-6-13-9/h1-6H,(H,11,13,14). The Morgan fingerprint density at radius 1 is 1.14 bits per heavy atom. The number of nitrogens with zero attached hydrogens (tertiary/aromatic N) is 3. The number of halogens is 1. The molecule has 1 N–H and O–H groups in total. The number of hydrogen-bond acceptors (Lipinski definition) is 4. The van der Waals surface area contributed by atoms with Crippen molar-refractivity contribution < 1.29 is 4.39 Å². The molecule has 2 heterocycles. The molecule has 0 aliphatic heterocycles. The fourth-order valence-corrected chi connectivity index (χ4v) is 0.962. The molecular formula is C9H7FN4. The molecule has 0 radical (unpaired) electrons. The molecule has 14 heavy (non-hydrogen) atoms. The first kappa shape index (κ1) is 8.55. The van der Waals surface area contributed by atoms with E-state index in [4.69, 9.17) is 0 Å². The minimum Gasteiger partial charge on any atom is -0.339 e. The van der Waals surface area contributed by atoms with Gasteiger partial charge in [-0.1, -0.05) is 0 Å². The van der Waals surface area contributed by atoms with Crippen LogP contribution in [0.5, 0.6) is 0 Å². The van der Waals surface area contributed by atoms with Gasteiger partial charge >= 0.3 is 0 Å². The molecule has 0 saturated heterocycles. The van der Waals surface area contributed by atoms with E-state index in [0.29, 0.717) is 11.5 Å². The third-order valence-electron chi connectivity index (χ3n) is 1.58. The Morgan fingerprint density at radius 2 is 2.07 bits per heavy atom. The third-order valence-corrected chi connectivity index (χ3v) is 1.58. The quantitative estimate of drug-likeness (QED) is 0.733. The smallest absolute Gasteiger partial charge is 0.212 e. The van der Waals surface area contributed by atoms with E-state index in [9.17, 15) is 4.39 Å². The summed E-state index contributed by atoms with van der Waals surface area (Å²) in [5, 5.41) is 2.95. The summed E-state index contributed by atoms with van der Waals surface area (Å²) in [6, 6.07) is 4.58. The second kappa shape index (κ2) is 3.78. The summed E-state index contributed by atoms with van der Waals surface area (Å²) in [4.78, 5) is 11.2. The van der Waals surface area contributed by atoms with E-state index in [1.54, 1.807) is 18.3 Å². The number of nitrogens with one attached hydrogen (secondary N) is 1. The fourth-order valence-electron chi connectivity index (χ4n) is 0.962. The molecule has 2 aromatic heterocycles. The second-order valence-corrected chi connectivity index (χ2v) is 2.59. The lowest BCUT2D eigenvalue weighted by molar-refractivity contribution is 0.584. The molecule has 0 spiro atoms. The van der Waals surface area contributed by atoms with Crippen LogP contribution in [0.25, 0.3) is 0 Å². The minimum absolute atomic E-state index is 0.502. The highest BCUT2D eigenvalue weighted by Crippen LogP contribution is 2.11. The van der Waals surface area contributed by atoms with Gasteiger partial charge in [0.1, 0.15) is 12.1 Å². The van der Waals surface area contributed by atoms with Crippen LogP contribution >= 0.6 is 0 Å². The molecule has 0 unspecified atom stereocenters. The Bertz CT molecular complexity index is 401. The topological polar surface area (TPSA) is 50.7 Å². The van der Waals surface area contributed by atoms with Crippen LogP contribution in [0.4, 0.5) is 15.9 Å². The highest BCUT2D eigenvalue weighted by atomic mass is 19.1. The summed E-state index contributed by atoms with van der Waals surface area (Å²) in [6.07, 6.45) is 4.45. The SMILES string of the molecule is Fc1ccc(Nc2ccncn2)cn1. The number of aromatic nitrogens is 3. The first-order chi connectivity index (χ1) is 6.84. The van der Waals surface area contributed by atoms with Crippen molar-refractivity contribution in [1.82, 2.24) is 15.0 Å². The number of hydrogen-bond donors (Lipinski definition) is 1. The van der Waals surface area contributed by atoms with E-state index in [-0.39, 0.29) is 0 Å². The normalized spacial score (nSPS) is 9.79. The predicted octanol–water partition coefficient (Wildman–Crippen LogP) is 1.75. The van der Waals surface area contributed by atoms with Crippen molar-refractivity contribution in [2.45, 2.75) is 0 Å². The highest BCUT2D eigenvalue weighted by molar-refractivity contribution is 5.53. The molecule has 2 aromatic rings. The molecule has 0 atom stereocenters. The Labute approximate surface area is 79.9 Å². The number of anilines is 2. The van der Waals surface area contributed by atoms with Gasteiger partial charge < -0.3 is 5.32 Å². The molecule has 0 aliphatic rings. The molecule has 0 bridgehead atoms. The van der Waals surface area contributed by atoms with Gasteiger partial charge in [-0.2, -0.15) is 4.39 Å². The summed E-state index contributed by atoms with van der Waals surface area (Å²) in [7, 11) is 0. The van der Waals surface area contributed by atoms with Gasteiger partial charge in [0.15, 0.2) is 0 Å². The highest BCUT2D eigenvalue weighted by Gasteiger charge is 1.95. The van der Waals surface area contributed by atoms with E-state index < -0.39 is 5.95 Å². The molecule has 0 fully saturated rings. The van der Waals surface area contributed by atoms with E-state index in [0.717, 1.165) is 0 Å². The van der Waals surface area contributed by atoms with Gasteiger partial charge in [0.2, 0.25) is 5.95 Å². The van der Waals surface area contributed by atoms with Crippen LogP contribution in [0.15, 0.2) is 36.9 Å². The van der Waals surface area contributed by atoms with Crippen molar-refractivity contribution in [3.05, 3.63) is 42.9 Å². The largest absolute Gasteiger partial charge is 0.339 e. The van der Waals surface area contributed by atoms with Gasteiger partial charge in [0, 0.05) is 6.20 Å². The first-order valence-corrected chi connectivity index (χ1v) is 3.99. The van der Waals surface area contributed by atoms with Crippen LogP contribution in [0.2, 0.25) is 0 Å². The zero-order chi connectivity index (χ0) is 9.80.